The van der Waals surface area contributed by atoms with E-state index in [4.69, 9.17) is 10.5 Å². The van der Waals surface area contributed by atoms with Crippen molar-refractivity contribution >= 4 is 23.5 Å². The number of rotatable bonds is 9. The fraction of sp³-hybridized carbons (Fsp3) is 0.318. The first-order valence-electron chi connectivity index (χ1n) is 9.74. The van der Waals surface area contributed by atoms with Crippen LogP contribution in [0.4, 0.5) is 10.1 Å². The molecule has 0 fully saturated rings. The monoisotopic (exact) mass is 429 g/mol. The number of carbonyl (C=O) groups is 3. The topological polar surface area (TPSA) is 111 Å². The van der Waals surface area contributed by atoms with Crippen molar-refractivity contribution in [3.63, 3.8) is 0 Å². The largest absolute Gasteiger partial charge is 0.488 e. The van der Waals surface area contributed by atoms with Gasteiger partial charge in [-0.15, -0.1) is 0 Å². The highest BCUT2D eigenvalue weighted by atomic mass is 19.1. The SMILES string of the molecule is CNc1cccc(COc2cccc3c2CN([C@@H](CCC(=O)OC)C(N)=O)C3=O)c1F. The van der Waals surface area contributed by atoms with Crippen molar-refractivity contribution in [3.05, 3.63) is 58.9 Å². The molecule has 1 aliphatic heterocycles. The molecule has 3 N–H and O–H groups in total. The number of methoxy groups -OCH3 is 1. The first kappa shape index (κ1) is 22.1. The molecule has 0 radical (unpaired) electrons. The number of amides is 2. The standard InChI is InChI=1S/C22H24FN3O5/c1-25-16-7-3-5-13(20(16)23)12-31-18-8-4-6-14-15(18)11-26(22(14)29)17(21(24)28)9-10-19(27)30-2/h3-8,17,25H,9-12H2,1-2H3,(H2,24,28)/t17-/m0/s1. The Morgan fingerprint density at radius 2 is 2.00 bits per heavy atom. The molecule has 2 aromatic rings. The highest BCUT2D eigenvalue weighted by Gasteiger charge is 2.37. The molecule has 9 heteroatoms. The molecule has 0 aromatic heterocycles. The van der Waals surface area contributed by atoms with Gasteiger partial charge in [-0.2, -0.15) is 0 Å². The van der Waals surface area contributed by atoms with Crippen LogP contribution in [0.15, 0.2) is 36.4 Å². The zero-order valence-electron chi connectivity index (χ0n) is 17.3. The molecule has 1 aliphatic rings. The van der Waals surface area contributed by atoms with E-state index in [1.165, 1.54) is 12.0 Å². The molecule has 1 heterocycles. The molecule has 0 unspecified atom stereocenters. The summed E-state index contributed by atoms with van der Waals surface area (Å²) in [6, 6.07) is 8.96. The van der Waals surface area contributed by atoms with Gasteiger partial charge >= 0.3 is 5.97 Å². The molecule has 164 valence electrons. The van der Waals surface area contributed by atoms with Crippen molar-refractivity contribution in [1.82, 2.24) is 4.90 Å². The van der Waals surface area contributed by atoms with Crippen LogP contribution in [0.3, 0.4) is 0 Å². The highest BCUT2D eigenvalue weighted by molar-refractivity contribution is 6.01. The van der Waals surface area contributed by atoms with E-state index < -0.39 is 23.7 Å². The van der Waals surface area contributed by atoms with Crippen LogP contribution in [-0.2, 0) is 27.5 Å². The van der Waals surface area contributed by atoms with Crippen LogP contribution in [-0.4, -0.2) is 42.9 Å². The second-order valence-corrected chi connectivity index (χ2v) is 7.07. The Morgan fingerprint density at radius 3 is 2.68 bits per heavy atom. The van der Waals surface area contributed by atoms with Crippen LogP contribution in [0.5, 0.6) is 5.75 Å². The number of hydrogen-bond acceptors (Lipinski definition) is 6. The molecule has 8 nitrogen and oxygen atoms in total. The molecule has 3 rings (SSSR count). The van der Waals surface area contributed by atoms with Gasteiger partial charge in [0, 0.05) is 30.2 Å². The number of primary amides is 1. The van der Waals surface area contributed by atoms with Gasteiger partial charge in [-0.25, -0.2) is 4.39 Å². The highest BCUT2D eigenvalue weighted by Crippen LogP contribution is 2.33. The molecule has 2 amide bonds. The molecule has 0 saturated heterocycles. The van der Waals surface area contributed by atoms with Gasteiger partial charge in [-0.1, -0.05) is 18.2 Å². The van der Waals surface area contributed by atoms with Gasteiger partial charge in [0.25, 0.3) is 5.91 Å². The fourth-order valence-corrected chi connectivity index (χ4v) is 3.56. The van der Waals surface area contributed by atoms with Crippen molar-refractivity contribution < 1.29 is 28.2 Å². The number of esters is 1. The number of fused-ring (bicyclic) bond motifs is 1. The predicted molar refractivity (Wildman–Crippen MR) is 111 cm³/mol. The lowest BCUT2D eigenvalue weighted by Crippen LogP contribution is -2.45. The lowest BCUT2D eigenvalue weighted by Gasteiger charge is -2.24. The fourth-order valence-electron chi connectivity index (χ4n) is 3.56. The Bertz CT molecular complexity index is 1010. The average Bonchev–Trinajstić information content (AvgIpc) is 3.09. The summed E-state index contributed by atoms with van der Waals surface area (Å²) in [4.78, 5) is 37.7. The summed E-state index contributed by atoms with van der Waals surface area (Å²) in [5.74, 6) is -1.58. The Morgan fingerprint density at radius 1 is 1.26 bits per heavy atom. The summed E-state index contributed by atoms with van der Waals surface area (Å²) in [5.41, 5.74) is 7.18. The molecule has 0 aliphatic carbocycles. The quantitative estimate of drug-likeness (QED) is 0.592. The number of nitrogens with one attached hydrogen (secondary N) is 1. The van der Waals surface area contributed by atoms with E-state index in [0.717, 1.165) is 0 Å². The normalized spacial score (nSPS) is 13.5. The van der Waals surface area contributed by atoms with Crippen LogP contribution in [0, 0.1) is 5.82 Å². The van der Waals surface area contributed by atoms with Gasteiger partial charge in [-0.05, 0) is 24.6 Å². The van der Waals surface area contributed by atoms with Crippen LogP contribution in [0.2, 0.25) is 0 Å². The maximum absolute atomic E-state index is 14.5. The molecular formula is C22H24FN3O5. The van der Waals surface area contributed by atoms with Gasteiger partial charge in [0.05, 0.1) is 19.3 Å². The summed E-state index contributed by atoms with van der Waals surface area (Å²) in [6.45, 7) is 0.0613. The van der Waals surface area contributed by atoms with E-state index in [1.54, 1.807) is 43.4 Å². The summed E-state index contributed by atoms with van der Waals surface area (Å²) < 4.78 is 24.9. The van der Waals surface area contributed by atoms with E-state index in [2.05, 4.69) is 10.1 Å². The Balaban J connectivity index is 1.79. The van der Waals surface area contributed by atoms with E-state index in [0.29, 0.717) is 28.1 Å². The van der Waals surface area contributed by atoms with Crippen molar-refractivity contribution in [2.24, 2.45) is 5.73 Å². The number of ether oxygens (including phenoxy) is 2. The third-order valence-electron chi connectivity index (χ3n) is 5.24. The number of halogens is 1. The number of anilines is 1. The van der Waals surface area contributed by atoms with Crippen molar-refractivity contribution in [1.29, 1.82) is 0 Å². The summed E-state index contributed by atoms with van der Waals surface area (Å²) in [6.07, 6.45) is 0.00855. The van der Waals surface area contributed by atoms with Crippen molar-refractivity contribution in [2.75, 3.05) is 19.5 Å². The minimum Gasteiger partial charge on any atom is -0.488 e. The second-order valence-electron chi connectivity index (χ2n) is 7.07. The first-order chi connectivity index (χ1) is 14.9. The van der Waals surface area contributed by atoms with Gasteiger partial charge in [0.15, 0.2) is 5.82 Å². The number of nitrogens with zero attached hydrogens (tertiary/aromatic N) is 1. The molecular weight excluding hydrogens is 405 g/mol. The van der Waals surface area contributed by atoms with Gasteiger partial charge < -0.3 is 25.4 Å². The minimum atomic E-state index is -0.961. The zero-order chi connectivity index (χ0) is 22.5. The van der Waals surface area contributed by atoms with Gasteiger partial charge in [-0.3, -0.25) is 14.4 Å². The second kappa shape index (κ2) is 9.46. The zero-order valence-corrected chi connectivity index (χ0v) is 17.3. The molecule has 0 bridgehead atoms. The average molecular weight is 429 g/mol. The van der Waals surface area contributed by atoms with Crippen LogP contribution < -0.4 is 15.8 Å². The smallest absolute Gasteiger partial charge is 0.305 e. The number of carbonyl (C=O) groups excluding carboxylic acids is 3. The maximum Gasteiger partial charge on any atom is 0.305 e. The number of benzene rings is 2. The maximum atomic E-state index is 14.5. The molecule has 0 spiro atoms. The third-order valence-corrected chi connectivity index (χ3v) is 5.24. The number of nitrogens with two attached hydrogens (primary N) is 1. The summed E-state index contributed by atoms with van der Waals surface area (Å²) in [5, 5.41) is 2.78. The van der Waals surface area contributed by atoms with Crippen molar-refractivity contribution in [2.45, 2.75) is 32.0 Å². The minimum absolute atomic E-state index is 0.0341. The Kier molecular flexibility index (Phi) is 6.74. The molecule has 31 heavy (non-hydrogen) atoms. The summed E-state index contributed by atoms with van der Waals surface area (Å²) >= 11 is 0. The number of hydrogen-bond donors (Lipinski definition) is 2. The van der Waals surface area contributed by atoms with E-state index >= 15 is 0 Å². The molecule has 0 saturated carbocycles. The van der Waals surface area contributed by atoms with E-state index in [-0.39, 0.29) is 31.9 Å². The summed E-state index contributed by atoms with van der Waals surface area (Å²) in [7, 11) is 2.87. The van der Waals surface area contributed by atoms with Gasteiger partial charge in [0.1, 0.15) is 18.4 Å². The lowest BCUT2D eigenvalue weighted by molar-refractivity contribution is -0.141. The predicted octanol–water partition coefficient (Wildman–Crippen LogP) is 2.21. The Labute approximate surface area is 179 Å². The van der Waals surface area contributed by atoms with Gasteiger partial charge in [0.2, 0.25) is 5.91 Å². The first-order valence-corrected chi connectivity index (χ1v) is 9.74. The van der Waals surface area contributed by atoms with Crippen LogP contribution in [0.1, 0.15) is 34.3 Å². The van der Waals surface area contributed by atoms with Crippen molar-refractivity contribution in [3.8, 4) is 5.75 Å². The third kappa shape index (κ3) is 4.60. The Hall–Kier alpha value is -3.62. The van der Waals surface area contributed by atoms with Crippen LogP contribution in [0.25, 0.3) is 0 Å². The van der Waals surface area contributed by atoms with E-state index in [9.17, 15) is 18.8 Å². The van der Waals surface area contributed by atoms with Crippen LogP contribution >= 0.6 is 0 Å². The molecule has 1 atom stereocenters. The van der Waals surface area contributed by atoms with E-state index in [1.807, 2.05) is 0 Å². The molecule has 2 aromatic carbocycles. The lowest BCUT2D eigenvalue weighted by atomic mass is 10.1.